The van der Waals surface area contributed by atoms with E-state index >= 15 is 0 Å². The Morgan fingerprint density at radius 3 is 2.53 bits per heavy atom. The van der Waals surface area contributed by atoms with Crippen molar-refractivity contribution in [1.82, 2.24) is 15.0 Å². The van der Waals surface area contributed by atoms with Crippen molar-refractivity contribution in [3.05, 3.63) is 60.0 Å². The monoisotopic (exact) mass is 404 g/mol. The number of nitrogens with one attached hydrogen (secondary N) is 2. The molecule has 30 heavy (non-hydrogen) atoms. The van der Waals surface area contributed by atoms with Crippen molar-refractivity contribution in [3.63, 3.8) is 0 Å². The van der Waals surface area contributed by atoms with Gasteiger partial charge in [0.25, 0.3) is 5.91 Å². The molecule has 2 N–H and O–H groups in total. The largest absolute Gasteiger partial charge is 0.480 e. The summed E-state index contributed by atoms with van der Waals surface area (Å²) in [6.45, 7) is 3.97. The topological polar surface area (TPSA) is 92.3 Å². The maximum absolute atomic E-state index is 12.5. The van der Waals surface area contributed by atoms with E-state index in [2.05, 4.69) is 30.5 Å². The highest BCUT2D eigenvalue weighted by molar-refractivity contribution is 6.05. The van der Waals surface area contributed by atoms with Crippen molar-refractivity contribution in [3.8, 4) is 5.88 Å². The zero-order chi connectivity index (χ0) is 20.9. The maximum Gasteiger partial charge on any atom is 0.261 e. The van der Waals surface area contributed by atoms with E-state index in [-0.39, 0.29) is 5.91 Å². The smallest absolute Gasteiger partial charge is 0.261 e. The van der Waals surface area contributed by atoms with Gasteiger partial charge in [-0.05, 0) is 56.2 Å². The fraction of sp³-hybridized carbons (Fsp3) is 0.273. The van der Waals surface area contributed by atoms with Crippen LogP contribution in [-0.4, -0.2) is 41.1 Å². The lowest BCUT2D eigenvalue weighted by Gasteiger charge is -2.18. The van der Waals surface area contributed by atoms with Crippen LogP contribution in [0.2, 0.25) is 0 Å². The Balaban J connectivity index is 1.44. The number of anilines is 4. The Morgan fingerprint density at radius 1 is 1.07 bits per heavy atom. The van der Waals surface area contributed by atoms with Crippen LogP contribution in [-0.2, 0) is 0 Å². The first-order valence-electron chi connectivity index (χ1n) is 9.90. The molecular weight excluding hydrogens is 380 g/mol. The van der Waals surface area contributed by atoms with Gasteiger partial charge in [0.2, 0.25) is 5.88 Å². The van der Waals surface area contributed by atoms with Crippen LogP contribution in [0.25, 0.3) is 0 Å². The Labute approximate surface area is 175 Å². The van der Waals surface area contributed by atoms with Crippen molar-refractivity contribution >= 4 is 28.9 Å². The molecule has 0 unspecified atom stereocenters. The number of pyridine rings is 1. The van der Waals surface area contributed by atoms with Gasteiger partial charge in [0.15, 0.2) is 0 Å². The normalized spacial score (nSPS) is 13.2. The number of ether oxygens (including phenoxy) is 1. The van der Waals surface area contributed by atoms with Crippen molar-refractivity contribution in [2.24, 2.45) is 0 Å². The molecule has 0 aliphatic carbocycles. The van der Waals surface area contributed by atoms with Gasteiger partial charge in [-0.3, -0.25) is 4.79 Å². The van der Waals surface area contributed by atoms with Crippen molar-refractivity contribution in [1.29, 1.82) is 0 Å². The highest BCUT2D eigenvalue weighted by atomic mass is 16.5. The molecule has 4 rings (SSSR count). The van der Waals surface area contributed by atoms with Crippen LogP contribution in [0.5, 0.6) is 5.88 Å². The zero-order valence-corrected chi connectivity index (χ0v) is 17.1. The number of hydrogen-bond acceptors (Lipinski definition) is 7. The highest BCUT2D eigenvalue weighted by Gasteiger charge is 2.15. The minimum Gasteiger partial charge on any atom is -0.480 e. The number of amides is 1. The number of nitrogens with zero attached hydrogens (tertiary/aromatic N) is 4. The molecule has 1 aliphatic rings. The maximum atomic E-state index is 12.5. The first kappa shape index (κ1) is 19.6. The molecule has 1 saturated heterocycles. The summed E-state index contributed by atoms with van der Waals surface area (Å²) in [6, 6.07) is 12.8. The van der Waals surface area contributed by atoms with E-state index in [4.69, 9.17) is 4.74 Å². The van der Waals surface area contributed by atoms with Crippen LogP contribution < -0.4 is 20.3 Å². The lowest BCUT2D eigenvalue weighted by atomic mass is 10.2. The SMILES string of the molecule is COc1ncccc1C(=O)Nc1ccc(Nc2cc(N3CCCC3)nc(C)n2)cc1. The van der Waals surface area contributed by atoms with Gasteiger partial charge in [-0.15, -0.1) is 0 Å². The van der Waals surface area contributed by atoms with Gasteiger partial charge in [0.1, 0.15) is 23.0 Å². The predicted octanol–water partition coefficient (Wildman–Crippen LogP) is 3.78. The fourth-order valence-electron chi connectivity index (χ4n) is 3.43. The summed E-state index contributed by atoms with van der Waals surface area (Å²) in [4.78, 5) is 27.9. The molecule has 3 aromatic rings. The van der Waals surface area contributed by atoms with E-state index in [1.807, 2.05) is 37.3 Å². The minimum absolute atomic E-state index is 0.276. The number of hydrogen-bond donors (Lipinski definition) is 2. The Kier molecular flexibility index (Phi) is 5.74. The quantitative estimate of drug-likeness (QED) is 0.646. The summed E-state index contributed by atoms with van der Waals surface area (Å²) in [6.07, 6.45) is 3.98. The second kappa shape index (κ2) is 8.77. The van der Waals surface area contributed by atoms with Crippen LogP contribution in [0.15, 0.2) is 48.7 Å². The number of carbonyl (C=O) groups excluding carboxylic acids is 1. The van der Waals surface area contributed by atoms with Crippen LogP contribution in [0, 0.1) is 6.92 Å². The summed E-state index contributed by atoms with van der Waals surface area (Å²) in [5, 5.41) is 6.18. The number of aryl methyl sites for hydroxylation is 1. The Hall–Kier alpha value is -3.68. The minimum atomic E-state index is -0.276. The summed E-state index contributed by atoms with van der Waals surface area (Å²) in [5.74, 6) is 2.46. The van der Waals surface area contributed by atoms with Gasteiger partial charge in [-0.2, -0.15) is 0 Å². The predicted molar refractivity (Wildman–Crippen MR) is 117 cm³/mol. The van der Waals surface area contributed by atoms with Crippen LogP contribution >= 0.6 is 0 Å². The molecule has 1 fully saturated rings. The molecule has 2 aromatic heterocycles. The standard InChI is InChI=1S/C22H24N6O2/c1-15-24-19(14-20(25-15)28-12-3-4-13-28)26-16-7-9-17(10-8-16)27-21(29)18-6-5-11-23-22(18)30-2/h5-11,14H,3-4,12-13H2,1-2H3,(H,27,29)(H,24,25,26). The summed E-state index contributed by atoms with van der Waals surface area (Å²) in [5.41, 5.74) is 1.93. The van der Waals surface area contributed by atoms with Crippen LogP contribution in [0.4, 0.5) is 23.0 Å². The Bertz CT molecular complexity index is 1030. The molecule has 0 radical (unpaired) electrons. The van der Waals surface area contributed by atoms with Gasteiger partial charge >= 0.3 is 0 Å². The van der Waals surface area contributed by atoms with Crippen LogP contribution in [0.3, 0.4) is 0 Å². The van der Waals surface area contributed by atoms with Crippen molar-refractivity contribution in [2.75, 3.05) is 35.7 Å². The molecule has 0 saturated carbocycles. The number of aromatic nitrogens is 3. The van der Waals surface area contributed by atoms with E-state index in [1.54, 1.807) is 18.3 Å². The van der Waals surface area contributed by atoms with E-state index < -0.39 is 0 Å². The highest BCUT2D eigenvalue weighted by Crippen LogP contribution is 2.24. The third-order valence-corrected chi connectivity index (χ3v) is 4.88. The Morgan fingerprint density at radius 2 is 1.80 bits per heavy atom. The molecule has 1 amide bonds. The second-order valence-corrected chi connectivity index (χ2v) is 7.07. The first-order valence-corrected chi connectivity index (χ1v) is 9.90. The molecule has 154 valence electrons. The van der Waals surface area contributed by atoms with E-state index in [0.29, 0.717) is 17.1 Å². The van der Waals surface area contributed by atoms with Gasteiger partial charge in [0, 0.05) is 36.7 Å². The molecule has 8 heteroatoms. The van der Waals surface area contributed by atoms with E-state index in [9.17, 15) is 4.79 Å². The van der Waals surface area contributed by atoms with E-state index in [0.717, 1.165) is 36.2 Å². The third-order valence-electron chi connectivity index (χ3n) is 4.88. The molecule has 1 aliphatic heterocycles. The van der Waals surface area contributed by atoms with Crippen molar-refractivity contribution in [2.45, 2.75) is 19.8 Å². The molecule has 0 bridgehead atoms. The average Bonchev–Trinajstić information content (AvgIpc) is 3.30. The van der Waals surface area contributed by atoms with E-state index in [1.165, 1.54) is 20.0 Å². The molecular formula is C22H24N6O2. The van der Waals surface area contributed by atoms with Crippen molar-refractivity contribution < 1.29 is 9.53 Å². The zero-order valence-electron chi connectivity index (χ0n) is 17.1. The molecule has 8 nitrogen and oxygen atoms in total. The van der Waals surface area contributed by atoms with Gasteiger partial charge in [-0.1, -0.05) is 0 Å². The summed E-state index contributed by atoms with van der Waals surface area (Å²) in [7, 11) is 1.49. The lowest BCUT2D eigenvalue weighted by Crippen LogP contribution is -2.19. The number of rotatable bonds is 6. The van der Waals surface area contributed by atoms with Gasteiger partial charge in [-0.25, -0.2) is 15.0 Å². The van der Waals surface area contributed by atoms with Gasteiger partial charge < -0.3 is 20.3 Å². The van der Waals surface area contributed by atoms with Crippen LogP contribution in [0.1, 0.15) is 29.0 Å². The average molecular weight is 404 g/mol. The van der Waals surface area contributed by atoms with Gasteiger partial charge in [0.05, 0.1) is 7.11 Å². The first-order chi connectivity index (χ1) is 14.6. The second-order valence-electron chi connectivity index (χ2n) is 7.07. The number of methoxy groups -OCH3 is 1. The lowest BCUT2D eigenvalue weighted by molar-refractivity contribution is 0.102. The third kappa shape index (κ3) is 4.48. The number of carbonyl (C=O) groups is 1. The molecule has 1 aromatic carbocycles. The molecule has 0 atom stereocenters. The summed E-state index contributed by atoms with van der Waals surface area (Å²) >= 11 is 0. The number of benzene rings is 1. The molecule has 0 spiro atoms. The fourth-order valence-corrected chi connectivity index (χ4v) is 3.43. The summed E-state index contributed by atoms with van der Waals surface area (Å²) < 4.78 is 5.15. The molecule has 3 heterocycles.